The van der Waals surface area contributed by atoms with Crippen LogP contribution in [0.25, 0.3) is 0 Å². The first-order valence-electron chi connectivity index (χ1n) is 6.27. The molecule has 0 atom stereocenters. The maximum absolute atomic E-state index is 11.8. The van der Waals surface area contributed by atoms with Gasteiger partial charge in [0.1, 0.15) is 11.4 Å². The molecule has 4 nitrogen and oxygen atoms in total. The molecule has 1 rings (SSSR count). The Morgan fingerprint density at radius 1 is 1.33 bits per heavy atom. The minimum absolute atomic E-state index is 0.000244. The number of nitrogens with zero attached hydrogens (tertiary/aromatic N) is 1. The summed E-state index contributed by atoms with van der Waals surface area (Å²) in [5, 5.41) is 0. The van der Waals surface area contributed by atoms with Gasteiger partial charge in [-0.15, -0.1) is 6.42 Å². The smallest absolute Gasteiger partial charge is 0.410 e. The molecule has 1 amide bonds. The molecule has 100 valence electrons. The van der Waals surface area contributed by atoms with Gasteiger partial charge >= 0.3 is 6.09 Å². The van der Waals surface area contributed by atoms with Crippen molar-refractivity contribution in [1.29, 1.82) is 0 Å². The second-order valence-corrected chi connectivity index (χ2v) is 5.59. The molecule has 0 radical (unpaired) electrons. The van der Waals surface area contributed by atoms with Crippen molar-refractivity contribution in [3.63, 3.8) is 0 Å². The van der Waals surface area contributed by atoms with Gasteiger partial charge in [-0.3, -0.25) is 4.79 Å². The van der Waals surface area contributed by atoms with Crippen LogP contribution in [0.5, 0.6) is 0 Å². The van der Waals surface area contributed by atoms with Gasteiger partial charge in [0.05, 0.1) is 6.42 Å². The lowest BCUT2D eigenvalue weighted by Crippen LogP contribution is -2.42. The highest BCUT2D eigenvalue weighted by Gasteiger charge is 2.29. The predicted molar refractivity (Wildman–Crippen MR) is 69.0 cm³/mol. The lowest BCUT2D eigenvalue weighted by Gasteiger charge is -2.32. The van der Waals surface area contributed by atoms with Crippen molar-refractivity contribution in [3.05, 3.63) is 0 Å². The summed E-state index contributed by atoms with van der Waals surface area (Å²) in [7, 11) is 0. The quantitative estimate of drug-likeness (QED) is 0.707. The zero-order chi connectivity index (χ0) is 13.8. The molecule has 18 heavy (non-hydrogen) atoms. The molecule has 0 aromatic carbocycles. The van der Waals surface area contributed by atoms with E-state index in [4.69, 9.17) is 11.2 Å². The Morgan fingerprint density at radius 2 is 1.89 bits per heavy atom. The maximum Gasteiger partial charge on any atom is 0.410 e. The van der Waals surface area contributed by atoms with Crippen LogP contribution in [0.1, 0.15) is 40.0 Å². The highest BCUT2D eigenvalue weighted by atomic mass is 16.6. The summed E-state index contributed by atoms with van der Waals surface area (Å²) in [6.45, 7) is 6.65. The van der Waals surface area contributed by atoms with E-state index in [9.17, 15) is 9.59 Å². The third-order valence-electron chi connectivity index (χ3n) is 2.88. The molecule has 1 heterocycles. The normalized spacial score (nSPS) is 17.1. The van der Waals surface area contributed by atoms with E-state index >= 15 is 0 Å². The maximum atomic E-state index is 11.8. The number of likely N-dealkylation sites (tertiary alicyclic amines) is 1. The second-order valence-electron chi connectivity index (χ2n) is 5.59. The van der Waals surface area contributed by atoms with Gasteiger partial charge in [0.15, 0.2) is 0 Å². The molecule has 1 saturated heterocycles. The van der Waals surface area contributed by atoms with Crippen LogP contribution in [0.3, 0.4) is 0 Å². The third-order valence-corrected chi connectivity index (χ3v) is 2.88. The van der Waals surface area contributed by atoms with E-state index in [0.29, 0.717) is 25.9 Å². The highest BCUT2D eigenvalue weighted by molar-refractivity contribution is 5.83. The van der Waals surface area contributed by atoms with Crippen LogP contribution in [0.4, 0.5) is 4.79 Å². The van der Waals surface area contributed by atoms with Crippen LogP contribution in [0, 0.1) is 18.3 Å². The number of amides is 1. The van der Waals surface area contributed by atoms with E-state index in [2.05, 4.69) is 5.92 Å². The number of hydrogen-bond donors (Lipinski definition) is 0. The molecule has 0 N–H and O–H groups in total. The topological polar surface area (TPSA) is 46.6 Å². The highest BCUT2D eigenvalue weighted by Crippen LogP contribution is 2.21. The Balaban J connectivity index is 2.42. The number of ether oxygens (including phenoxy) is 1. The molecule has 0 aliphatic carbocycles. The Kier molecular flexibility index (Phi) is 4.77. The molecule has 0 saturated carbocycles. The van der Waals surface area contributed by atoms with Crippen molar-refractivity contribution in [1.82, 2.24) is 4.90 Å². The fraction of sp³-hybridized carbons (Fsp3) is 0.714. The molecule has 1 aliphatic heterocycles. The molecule has 1 fully saturated rings. The zero-order valence-corrected chi connectivity index (χ0v) is 11.4. The van der Waals surface area contributed by atoms with E-state index in [1.807, 2.05) is 20.8 Å². The zero-order valence-electron chi connectivity index (χ0n) is 11.4. The lowest BCUT2D eigenvalue weighted by atomic mass is 9.91. The summed E-state index contributed by atoms with van der Waals surface area (Å²) in [6.07, 6.45) is 6.38. The number of carbonyl (C=O) groups excluding carboxylic acids is 2. The van der Waals surface area contributed by atoms with Gasteiger partial charge in [0, 0.05) is 19.0 Å². The van der Waals surface area contributed by atoms with Gasteiger partial charge in [0.2, 0.25) is 0 Å². The summed E-state index contributed by atoms with van der Waals surface area (Å²) < 4.78 is 5.29. The van der Waals surface area contributed by atoms with Crippen LogP contribution in [0.2, 0.25) is 0 Å². The van der Waals surface area contributed by atoms with Crippen LogP contribution in [0.15, 0.2) is 0 Å². The second kappa shape index (κ2) is 5.90. The lowest BCUT2D eigenvalue weighted by molar-refractivity contribution is -0.123. The van der Waals surface area contributed by atoms with E-state index in [-0.39, 0.29) is 24.2 Å². The van der Waals surface area contributed by atoms with Crippen molar-refractivity contribution in [2.24, 2.45) is 5.92 Å². The van der Waals surface area contributed by atoms with Crippen molar-refractivity contribution >= 4 is 11.9 Å². The number of carbonyl (C=O) groups is 2. The molecule has 0 bridgehead atoms. The first-order chi connectivity index (χ1) is 8.33. The predicted octanol–water partition coefficient (Wildman–Crippen LogP) is 2.23. The summed E-state index contributed by atoms with van der Waals surface area (Å²) in [4.78, 5) is 25.1. The average molecular weight is 251 g/mol. The largest absolute Gasteiger partial charge is 0.444 e. The van der Waals surface area contributed by atoms with E-state index in [1.54, 1.807) is 4.90 Å². The molecule has 0 unspecified atom stereocenters. The number of piperidine rings is 1. The molecule has 0 aromatic heterocycles. The number of terminal acetylenes is 1. The average Bonchev–Trinajstić information content (AvgIpc) is 2.27. The minimum atomic E-state index is -0.479. The SMILES string of the molecule is C#CCC(=O)C1CCN(C(=O)OC(C)(C)C)CC1. The fourth-order valence-corrected chi connectivity index (χ4v) is 1.96. The third kappa shape index (κ3) is 4.40. The Labute approximate surface area is 109 Å². The van der Waals surface area contributed by atoms with Gasteiger partial charge < -0.3 is 9.64 Å². The standard InChI is InChI=1S/C14H21NO3/c1-5-6-12(16)11-7-9-15(10-8-11)13(17)18-14(2,3)4/h1,11H,6-10H2,2-4H3. The van der Waals surface area contributed by atoms with Gasteiger partial charge in [-0.25, -0.2) is 4.79 Å². The molecule has 4 heteroatoms. The molecule has 0 aromatic rings. The fourth-order valence-electron chi connectivity index (χ4n) is 1.96. The monoisotopic (exact) mass is 251 g/mol. The molecular formula is C14H21NO3. The number of ketones is 1. The first kappa shape index (κ1) is 14.6. The van der Waals surface area contributed by atoms with Crippen molar-refractivity contribution in [3.8, 4) is 12.3 Å². The van der Waals surface area contributed by atoms with Gasteiger partial charge in [0.25, 0.3) is 0 Å². The summed E-state index contributed by atoms with van der Waals surface area (Å²) >= 11 is 0. The summed E-state index contributed by atoms with van der Waals surface area (Å²) in [5.74, 6) is 2.49. The van der Waals surface area contributed by atoms with Gasteiger partial charge in [-0.05, 0) is 33.6 Å². The van der Waals surface area contributed by atoms with Crippen LogP contribution in [-0.2, 0) is 9.53 Å². The van der Waals surface area contributed by atoms with Crippen LogP contribution < -0.4 is 0 Å². The van der Waals surface area contributed by atoms with Crippen molar-refractivity contribution in [2.75, 3.05) is 13.1 Å². The van der Waals surface area contributed by atoms with Crippen LogP contribution in [-0.4, -0.2) is 35.5 Å². The number of hydrogen-bond acceptors (Lipinski definition) is 3. The Hall–Kier alpha value is -1.50. The minimum Gasteiger partial charge on any atom is -0.444 e. The number of Topliss-reactive ketones (excluding diaryl/α,β-unsaturated/α-hetero) is 1. The molecular weight excluding hydrogens is 230 g/mol. The summed E-state index contributed by atoms with van der Waals surface area (Å²) in [5.41, 5.74) is -0.479. The molecule has 1 aliphatic rings. The summed E-state index contributed by atoms with van der Waals surface area (Å²) in [6, 6.07) is 0. The van der Waals surface area contributed by atoms with Crippen molar-refractivity contribution in [2.45, 2.75) is 45.6 Å². The van der Waals surface area contributed by atoms with E-state index in [0.717, 1.165) is 0 Å². The van der Waals surface area contributed by atoms with Gasteiger partial charge in [-0.2, -0.15) is 0 Å². The van der Waals surface area contributed by atoms with Gasteiger partial charge in [-0.1, -0.05) is 5.92 Å². The Morgan fingerprint density at radius 3 is 2.33 bits per heavy atom. The van der Waals surface area contributed by atoms with Crippen LogP contribution >= 0.6 is 0 Å². The van der Waals surface area contributed by atoms with E-state index in [1.165, 1.54) is 0 Å². The van der Waals surface area contributed by atoms with E-state index < -0.39 is 5.60 Å². The number of rotatable bonds is 2. The molecule has 0 spiro atoms. The first-order valence-corrected chi connectivity index (χ1v) is 6.27. The van der Waals surface area contributed by atoms with Crippen molar-refractivity contribution < 1.29 is 14.3 Å². The Bertz CT molecular complexity index is 354.